The van der Waals surface area contributed by atoms with E-state index >= 15 is 0 Å². The average Bonchev–Trinajstić information content (AvgIpc) is 2.55. The van der Waals surface area contributed by atoms with Crippen LogP contribution < -0.4 is 5.32 Å². The molecular weight excluding hydrogens is 278 g/mol. The number of hydrogen-bond acceptors (Lipinski definition) is 4. The predicted molar refractivity (Wildman–Crippen MR) is 89.2 cm³/mol. The summed E-state index contributed by atoms with van der Waals surface area (Å²) in [6, 6.07) is 7.70. The predicted octanol–water partition coefficient (Wildman–Crippen LogP) is 1.59. The van der Waals surface area contributed by atoms with E-state index in [0.717, 1.165) is 50.6 Å². The summed E-state index contributed by atoms with van der Waals surface area (Å²) in [5, 5.41) is 3.01. The van der Waals surface area contributed by atoms with Crippen LogP contribution in [-0.4, -0.2) is 68.2 Å². The molecule has 0 bridgehead atoms. The highest BCUT2D eigenvalue weighted by atomic mass is 16.5. The lowest BCUT2D eigenvalue weighted by Crippen LogP contribution is -2.45. The van der Waals surface area contributed by atoms with Crippen molar-refractivity contribution in [2.75, 3.05) is 51.8 Å². The van der Waals surface area contributed by atoms with E-state index in [0.29, 0.717) is 0 Å². The lowest BCUT2D eigenvalue weighted by Gasteiger charge is -2.30. The van der Waals surface area contributed by atoms with Gasteiger partial charge < -0.3 is 10.1 Å². The van der Waals surface area contributed by atoms with Gasteiger partial charge in [0.1, 0.15) is 0 Å². The lowest BCUT2D eigenvalue weighted by atomic mass is 10.2. The number of anilines is 1. The zero-order valence-electron chi connectivity index (χ0n) is 13.8. The van der Waals surface area contributed by atoms with Crippen LogP contribution in [0.3, 0.4) is 0 Å². The van der Waals surface area contributed by atoms with E-state index in [1.165, 1.54) is 0 Å². The van der Waals surface area contributed by atoms with E-state index in [9.17, 15) is 4.79 Å². The van der Waals surface area contributed by atoms with Crippen molar-refractivity contribution in [3.8, 4) is 0 Å². The quantitative estimate of drug-likeness (QED) is 0.867. The minimum absolute atomic E-state index is 0.0405. The molecule has 1 aliphatic rings. The number of para-hydroxylation sites is 1. The van der Waals surface area contributed by atoms with E-state index in [2.05, 4.69) is 15.1 Å². The Morgan fingerprint density at radius 2 is 2.05 bits per heavy atom. The Bertz CT molecular complexity index is 487. The molecule has 0 aliphatic carbocycles. The zero-order valence-corrected chi connectivity index (χ0v) is 13.8. The number of benzene rings is 1. The summed E-state index contributed by atoms with van der Waals surface area (Å²) in [4.78, 5) is 16.9. The third-order valence-electron chi connectivity index (χ3n) is 4.32. The molecule has 0 radical (unpaired) electrons. The van der Waals surface area contributed by atoms with Crippen molar-refractivity contribution in [1.29, 1.82) is 0 Å². The Kier molecular flexibility index (Phi) is 6.36. The Balaban J connectivity index is 1.80. The highest BCUT2D eigenvalue weighted by Gasteiger charge is 2.19. The number of rotatable bonds is 6. The smallest absolute Gasteiger partial charge is 0.241 e. The Morgan fingerprint density at radius 3 is 2.73 bits per heavy atom. The fourth-order valence-electron chi connectivity index (χ4n) is 2.47. The number of amides is 1. The van der Waals surface area contributed by atoms with Gasteiger partial charge in [-0.3, -0.25) is 14.6 Å². The maximum atomic E-state index is 12.4. The van der Waals surface area contributed by atoms with Crippen molar-refractivity contribution < 1.29 is 9.53 Å². The van der Waals surface area contributed by atoms with Crippen LogP contribution in [0.2, 0.25) is 0 Å². The number of likely N-dealkylation sites (N-methyl/N-ethyl adjacent to an activating group) is 1. The van der Waals surface area contributed by atoms with Gasteiger partial charge in [0.2, 0.25) is 5.91 Å². The first kappa shape index (κ1) is 16.9. The van der Waals surface area contributed by atoms with Crippen molar-refractivity contribution in [3.63, 3.8) is 0 Å². The molecule has 122 valence electrons. The highest BCUT2D eigenvalue weighted by molar-refractivity contribution is 5.95. The number of carbonyl (C=O) groups is 1. The van der Waals surface area contributed by atoms with Crippen LogP contribution in [0.4, 0.5) is 5.69 Å². The molecule has 22 heavy (non-hydrogen) atoms. The minimum atomic E-state index is -0.152. The summed E-state index contributed by atoms with van der Waals surface area (Å²) in [7, 11) is 2.00. The molecule has 1 unspecified atom stereocenters. The van der Waals surface area contributed by atoms with E-state index in [1.807, 2.05) is 45.2 Å². The molecule has 1 N–H and O–H groups in total. The van der Waals surface area contributed by atoms with Crippen LogP contribution in [0, 0.1) is 6.92 Å². The Labute approximate surface area is 133 Å². The van der Waals surface area contributed by atoms with E-state index < -0.39 is 0 Å². The molecule has 1 aliphatic heterocycles. The van der Waals surface area contributed by atoms with Gasteiger partial charge in [0, 0.05) is 31.9 Å². The molecule has 1 heterocycles. The largest absolute Gasteiger partial charge is 0.379 e. The topological polar surface area (TPSA) is 44.8 Å². The summed E-state index contributed by atoms with van der Waals surface area (Å²) in [5.74, 6) is 0.0405. The number of aryl methyl sites for hydroxylation is 1. The molecule has 1 saturated heterocycles. The highest BCUT2D eigenvalue weighted by Crippen LogP contribution is 2.14. The second-order valence-corrected chi connectivity index (χ2v) is 5.91. The van der Waals surface area contributed by atoms with Gasteiger partial charge in [0.15, 0.2) is 0 Å². The van der Waals surface area contributed by atoms with Crippen LogP contribution in [0.15, 0.2) is 24.3 Å². The van der Waals surface area contributed by atoms with Crippen LogP contribution in [0.5, 0.6) is 0 Å². The second-order valence-electron chi connectivity index (χ2n) is 5.91. The normalized spacial score (nSPS) is 17.5. The first-order valence-electron chi connectivity index (χ1n) is 7.95. The molecule has 5 nitrogen and oxygen atoms in total. The zero-order chi connectivity index (χ0) is 15.9. The molecule has 1 fully saturated rings. The van der Waals surface area contributed by atoms with Gasteiger partial charge >= 0.3 is 0 Å². The number of morpholine rings is 1. The monoisotopic (exact) mass is 305 g/mol. The summed E-state index contributed by atoms with van der Waals surface area (Å²) in [6.07, 6.45) is 0. The molecule has 1 aromatic rings. The second kappa shape index (κ2) is 8.27. The molecule has 0 spiro atoms. The molecular formula is C17H27N3O2. The molecule has 1 atom stereocenters. The number of nitrogens with one attached hydrogen (secondary N) is 1. The summed E-state index contributed by atoms with van der Waals surface area (Å²) < 4.78 is 5.35. The van der Waals surface area contributed by atoms with Gasteiger partial charge in [0.05, 0.1) is 19.3 Å². The summed E-state index contributed by atoms with van der Waals surface area (Å²) in [5.41, 5.74) is 1.97. The molecule has 1 amide bonds. The van der Waals surface area contributed by atoms with Crippen LogP contribution in [0.25, 0.3) is 0 Å². The van der Waals surface area contributed by atoms with E-state index in [4.69, 9.17) is 4.74 Å². The Morgan fingerprint density at radius 1 is 1.36 bits per heavy atom. The van der Waals surface area contributed by atoms with E-state index in [1.54, 1.807) is 0 Å². The Hall–Kier alpha value is -1.43. The van der Waals surface area contributed by atoms with E-state index in [-0.39, 0.29) is 11.9 Å². The first-order chi connectivity index (χ1) is 10.6. The van der Waals surface area contributed by atoms with Crippen molar-refractivity contribution in [3.05, 3.63) is 29.8 Å². The fourth-order valence-corrected chi connectivity index (χ4v) is 2.47. The van der Waals surface area contributed by atoms with Crippen molar-refractivity contribution in [2.24, 2.45) is 0 Å². The molecule has 5 heteroatoms. The number of ether oxygens (including phenoxy) is 1. The summed E-state index contributed by atoms with van der Waals surface area (Å²) in [6.45, 7) is 9.40. The maximum absolute atomic E-state index is 12.4. The number of hydrogen-bond donors (Lipinski definition) is 1. The minimum Gasteiger partial charge on any atom is -0.379 e. The maximum Gasteiger partial charge on any atom is 0.241 e. The van der Waals surface area contributed by atoms with Gasteiger partial charge in [-0.05, 0) is 32.5 Å². The third kappa shape index (κ3) is 4.80. The number of carbonyl (C=O) groups excluding carboxylic acids is 1. The van der Waals surface area contributed by atoms with Crippen LogP contribution in [-0.2, 0) is 9.53 Å². The average molecular weight is 305 g/mol. The molecule has 2 rings (SSSR count). The SMILES string of the molecule is Cc1ccccc1NC(=O)C(C)N(C)CCN1CCOCC1. The lowest BCUT2D eigenvalue weighted by molar-refractivity contribution is -0.120. The van der Waals surface area contributed by atoms with Crippen LogP contribution in [0.1, 0.15) is 12.5 Å². The third-order valence-corrected chi connectivity index (χ3v) is 4.32. The van der Waals surface area contributed by atoms with Gasteiger partial charge in [-0.25, -0.2) is 0 Å². The van der Waals surface area contributed by atoms with Crippen molar-refractivity contribution in [1.82, 2.24) is 9.80 Å². The molecule has 1 aromatic carbocycles. The van der Waals surface area contributed by atoms with Crippen molar-refractivity contribution >= 4 is 11.6 Å². The fraction of sp³-hybridized carbons (Fsp3) is 0.588. The van der Waals surface area contributed by atoms with Gasteiger partial charge in [-0.15, -0.1) is 0 Å². The summed E-state index contributed by atoms with van der Waals surface area (Å²) >= 11 is 0. The molecule has 0 saturated carbocycles. The van der Waals surface area contributed by atoms with Gasteiger partial charge in [-0.2, -0.15) is 0 Å². The molecule has 0 aromatic heterocycles. The van der Waals surface area contributed by atoms with Crippen molar-refractivity contribution in [2.45, 2.75) is 19.9 Å². The number of nitrogens with zero attached hydrogens (tertiary/aromatic N) is 2. The first-order valence-corrected chi connectivity index (χ1v) is 7.95. The standard InChI is InChI=1S/C17H27N3O2/c1-14-6-4-5-7-16(14)18-17(21)15(2)19(3)8-9-20-10-12-22-13-11-20/h4-7,15H,8-13H2,1-3H3,(H,18,21). The van der Waals surface area contributed by atoms with Gasteiger partial charge in [0.25, 0.3) is 0 Å². The van der Waals surface area contributed by atoms with Crippen LogP contribution >= 0.6 is 0 Å². The van der Waals surface area contributed by atoms with Gasteiger partial charge in [-0.1, -0.05) is 18.2 Å².